The van der Waals surface area contributed by atoms with Gasteiger partial charge >= 0.3 is 0 Å². The van der Waals surface area contributed by atoms with Crippen molar-refractivity contribution in [2.75, 3.05) is 17.7 Å². The molecule has 0 aliphatic rings. The number of nitrogens with one attached hydrogen (secondary N) is 2. The summed E-state index contributed by atoms with van der Waals surface area (Å²) in [5, 5.41) is 6.77. The van der Waals surface area contributed by atoms with E-state index >= 15 is 0 Å². The molecular weight excluding hydrogens is 424 g/mol. The van der Waals surface area contributed by atoms with E-state index in [1.165, 1.54) is 0 Å². The minimum Gasteiger partial charge on any atom is -0.497 e. The summed E-state index contributed by atoms with van der Waals surface area (Å²) in [4.78, 5) is 21.4. The molecule has 0 saturated carbocycles. The first kappa shape index (κ1) is 21.3. The monoisotopic (exact) mass is 444 g/mol. The van der Waals surface area contributed by atoms with Gasteiger partial charge in [0.05, 0.1) is 12.8 Å². The normalized spacial score (nSPS) is 10.5. The van der Waals surface area contributed by atoms with Crippen molar-refractivity contribution in [1.82, 2.24) is 9.97 Å². The van der Waals surface area contributed by atoms with Crippen LogP contribution in [0.2, 0.25) is 5.02 Å². The van der Waals surface area contributed by atoms with E-state index in [2.05, 4.69) is 20.6 Å². The lowest BCUT2D eigenvalue weighted by Crippen LogP contribution is -2.12. The predicted octanol–water partition coefficient (Wildman–Crippen LogP) is 6.11. The molecule has 7 heteroatoms. The topological polar surface area (TPSA) is 76.1 Å². The molecule has 0 spiro atoms. The van der Waals surface area contributed by atoms with Crippen molar-refractivity contribution in [2.24, 2.45) is 0 Å². The highest BCUT2D eigenvalue weighted by atomic mass is 35.5. The Kier molecular flexibility index (Phi) is 6.33. The first-order chi connectivity index (χ1) is 15.5. The van der Waals surface area contributed by atoms with Gasteiger partial charge in [-0.05, 0) is 73.2 Å². The Hall–Kier alpha value is -3.90. The average Bonchev–Trinajstić information content (AvgIpc) is 2.81. The second kappa shape index (κ2) is 9.49. The molecule has 4 aromatic rings. The lowest BCUT2D eigenvalue weighted by Gasteiger charge is -2.11. The Morgan fingerprint density at radius 3 is 2.41 bits per heavy atom. The van der Waals surface area contributed by atoms with Crippen molar-refractivity contribution in [3.8, 4) is 17.0 Å². The summed E-state index contributed by atoms with van der Waals surface area (Å²) in [7, 11) is 1.61. The Balaban J connectivity index is 1.44. The highest BCUT2D eigenvalue weighted by molar-refractivity contribution is 6.30. The molecule has 1 amide bonds. The highest BCUT2D eigenvalue weighted by Gasteiger charge is 2.09. The molecular formula is C25H21ClN4O2. The van der Waals surface area contributed by atoms with Gasteiger partial charge in [0, 0.05) is 33.7 Å². The molecule has 0 saturated heterocycles. The maximum atomic E-state index is 12.6. The summed E-state index contributed by atoms with van der Waals surface area (Å²) >= 11 is 5.96. The van der Waals surface area contributed by atoms with Crippen molar-refractivity contribution in [3.05, 3.63) is 95.1 Å². The Morgan fingerprint density at radius 1 is 0.969 bits per heavy atom. The number of carbonyl (C=O) groups excluding carboxylic acids is 1. The van der Waals surface area contributed by atoms with E-state index in [1.54, 1.807) is 25.4 Å². The van der Waals surface area contributed by atoms with E-state index in [4.69, 9.17) is 16.3 Å². The second-order valence-electron chi connectivity index (χ2n) is 7.11. The molecule has 0 aliphatic carbocycles. The average molecular weight is 445 g/mol. The Labute approximate surface area is 191 Å². The minimum atomic E-state index is -0.189. The van der Waals surface area contributed by atoms with Crippen molar-refractivity contribution in [3.63, 3.8) is 0 Å². The number of methoxy groups -OCH3 is 1. The number of hydrogen-bond donors (Lipinski definition) is 2. The lowest BCUT2D eigenvalue weighted by molar-refractivity contribution is 0.102. The Bertz CT molecular complexity index is 1240. The lowest BCUT2D eigenvalue weighted by atomic mass is 10.1. The van der Waals surface area contributed by atoms with Crippen LogP contribution in [0.25, 0.3) is 11.3 Å². The van der Waals surface area contributed by atoms with Crippen LogP contribution in [-0.4, -0.2) is 23.0 Å². The van der Waals surface area contributed by atoms with Gasteiger partial charge in [-0.2, -0.15) is 0 Å². The third-order valence-electron chi connectivity index (χ3n) is 4.88. The van der Waals surface area contributed by atoms with Crippen LogP contribution in [0, 0.1) is 6.92 Å². The second-order valence-corrected chi connectivity index (χ2v) is 7.55. The van der Waals surface area contributed by atoms with E-state index in [1.807, 2.05) is 67.6 Å². The number of halogens is 1. The summed E-state index contributed by atoms with van der Waals surface area (Å²) in [5.41, 5.74) is 4.71. The number of anilines is 3. The SMILES string of the molecule is COc1ccc(NC(=O)c2ccc(Nc3nccc(-c4ccc(Cl)cc4)n3)cc2)c(C)c1. The van der Waals surface area contributed by atoms with Gasteiger partial charge in [0.25, 0.3) is 5.91 Å². The molecule has 0 atom stereocenters. The molecule has 3 aromatic carbocycles. The van der Waals surface area contributed by atoms with Crippen molar-refractivity contribution in [2.45, 2.75) is 6.92 Å². The van der Waals surface area contributed by atoms with Gasteiger partial charge in [0.15, 0.2) is 0 Å². The fourth-order valence-corrected chi connectivity index (χ4v) is 3.26. The van der Waals surface area contributed by atoms with Crippen LogP contribution in [0.4, 0.5) is 17.3 Å². The number of hydrogen-bond acceptors (Lipinski definition) is 5. The number of nitrogens with zero attached hydrogens (tertiary/aromatic N) is 2. The molecule has 2 N–H and O–H groups in total. The minimum absolute atomic E-state index is 0.189. The third-order valence-corrected chi connectivity index (χ3v) is 5.13. The Morgan fingerprint density at radius 2 is 1.72 bits per heavy atom. The van der Waals surface area contributed by atoms with Gasteiger partial charge in [-0.25, -0.2) is 9.97 Å². The summed E-state index contributed by atoms with van der Waals surface area (Å²) in [6.45, 7) is 1.92. The van der Waals surface area contributed by atoms with Gasteiger partial charge in [-0.15, -0.1) is 0 Å². The van der Waals surface area contributed by atoms with E-state index in [0.29, 0.717) is 16.5 Å². The van der Waals surface area contributed by atoms with Gasteiger partial charge in [-0.1, -0.05) is 23.7 Å². The van der Waals surface area contributed by atoms with Gasteiger partial charge in [0.1, 0.15) is 5.75 Å². The van der Waals surface area contributed by atoms with E-state index in [0.717, 1.165) is 33.9 Å². The molecule has 32 heavy (non-hydrogen) atoms. The first-order valence-corrected chi connectivity index (χ1v) is 10.3. The number of benzene rings is 3. The smallest absolute Gasteiger partial charge is 0.255 e. The maximum absolute atomic E-state index is 12.6. The van der Waals surface area contributed by atoms with E-state index < -0.39 is 0 Å². The van der Waals surface area contributed by atoms with Crippen LogP contribution in [0.3, 0.4) is 0 Å². The number of rotatable bonds is 6. The fraction of sp³-hybridized carbons (Fsp3) is 0.0800. The van der Waals surface area contributed by atoms with Gasteiger partial charge in [0.2, 0.25) is 5.95 Å². The van der Waals surface area contributed by atoms with Gasteiger partial charge < -0.3 is 15.4 Å². The molecule has 6 nitrogen and oxygen atoms in total. The van der Waals surface area contributed by atoms with Crippen molar-refractivity contribution < 1.29 is 9.53 Å². The van der Waals surface area contributed by atoms with E-state index in [-0.39, 0.29) is 5.91 Å². The zero-order valence-electron chi connectivity index (χ0n) is 17.6. The molecule has 1 heterocycles. The molecule has 0 fully saturated rings. The van der Waals surface area contributed by atoms with Gasteiger partial charge in [-0.3, -0.25) is 4.79 Å². The summed E-state index contributed by atoms with van der Waals surface area (Å²) in [5.74, 6) is 1.02. The van der Waals surface area contributed by atoms with E-state index in [9.17, 15) is 4.79 Å². The summed E-state index contributed by atoms with van der Waals surface area (Å²) in [6.07, 6.45) is 1.69. The van der Waals surface area contributed by atoms with Crippen molar-refractivity contribution >= 4 is 34.8 Å². The number of carbonyl (C=O) groups is 1. The number of ether oxygens (including phenoxy) is 1. The van der Waals surface area contributed by atoms with Crippen molar-refractivity contribution in [1.29, 1.82) is 0 Å². The zero-order valence-corrected chi connectivity index (χ0v) is 18.4. The predicted molar refractivity (Wildman–Crippen MR) is 128 cm³/mol. The molecule has 160 valence electrons. The molecule has 0 aliphatic heterocycles. The standard InChI is InChI=1S/C25H21ClN4O2/c1-16-15-21(32-2)11-12-22(16)29-24(31)18-5-9-20(10-6-18)28-25-27-14-13-23(30-25)17-3-7-19(26)8-4-17/h3-15H,1-2H3,(H,29,31)(H,27,28,30). The molecule has 0 bridgehead atoms. The fourth-order valence-electron chi connectivity index (χ4n) is 3.13. The zero-order chi connectivity index (χ0) is 22.5. The first-order valence-electron chi connectivity index (χ1n) is 9.94. The third kappa shape index (κ3) is 5.04. The quantitative estimate of drug-likeness (QED) is 0.375. The van der Waals surface area contributed by atoms with Crippen LogP contribution in [0.5, 0.6) is 5.75 Å². The number of aromatic nitrogens is 2. The number of aryl methyl sites for hydroxylation is 1. The molecule has 4 rings (SSSR count). The molecule has 0 unspecified atom stereocenters. The van der Waals surface area contributed by atoms with Crippen LogP contribution < -0.4 is 15.4 Å². The largest absolute Gasteiger partial charge is 0.497 e. The van der Waals surface area contributed by atoms with Crippen LogP contribution in [-0.2, 0) is 0 Å². The maximum Gasteiger partial charge on any atom is 0.255 e. The van der Waals surface area contributed by atoms with Crippen LogP contribution >= 0.6 is 11.6 Å². The van der Waals surface area contributed by atoms with Crippen LogP contribution in [0.1, 0.15) is 15.9 Å². The summed E-state index contributed by atoms with van der Waals surface area (Å²) < 4.78 is 5.20. The molecule has 0 radical (unpaired) electrons. The highest BCUT2D eigenvalue weighted by Crippen LogP contribution is 2.23. The summed E-state index contributed by atoms with van der Waals surface area (Å²) in [6, 6.07) is 21.9. The number of amides is 1. The van der Waals surface area contributed by atoms with Crippen LogP contribution in [0.15, 0.2) is 79.0 Å². The molecule has 1 aromatic heterocycles.